The molecule has 0 aliphatic heterocycles. The summed E-state index contributed by atoms with van der Waals surface area (Å²) in [6.07, 6.45) is 0. The molecule has 2 amide bonds. The molecule has 0 aliphatic carbocycles. The molecule has 0 bridgehead atoms. The molecule has 2 N–H and O–H groups in total. The average Bonchev–Trinajstić information content (AvgIpc) is 2.41. The molecular formula is C16H14ClFN2O2. The lowest BCUT2D eigenvalue weighted by molar-refractivity contribution is -0.114. The number of benzene rings is 2. The normalized spacial score (nSPS) is 10.2. The van der Waals surface area contributed by atoms with E-state index >= 15 is 0 Å². The van der Waals surface area contributed by atoms with Gasteiger partial charge in [0.1, 0.15) is 5.82 Å². The largest absolute Gasteiger partial charge is 0.326 e. The predicted octanol–water partition coefficient (Wildman–Crippen LogP) is 4.00. The molecule has 2 rings (SSSR count). The summed E-state index contributed by atoms with van der Waals surface area (Å²) in [7, 11) is 0. The Morgan fingerprint density at radius 3 is 2.41 bits per heavy atom. The van der Waals surface area contributed by atoms with Gasteiger partial charge < -0.3 is 10.6 Å². The van der Waals surface area contributed by atoms with Crippen molar-refractivity contribution in [3.05, 3.63) is 58.4 Å². The van der Waals surface area contributed by atoms with E-state index in [-0.39, 0.29) is 16.5 Å². The molecule has 0 heterocycles. The Bertz CT molecular complexity index is 747. The summed E-state index contributed by atoms with van der Waals surface area (Å²) >= 11 is 5.86. The first kappa shape index (κ1) is 16.0. The second-order valence-corrected chi connectivity index (χ2v) is 5.20. The van der Waals surface area contributed by atoms with E-state index in [1.807, 2.05) is 6.92 Å². The second kappa shape index (κ2) is 6.58. The quantitative estimate of drug-likeness (QED) is 0.898. The first-order valence-corrected chi connectivity index (χ1v) is 6.89. The molecule has 0 saturated carbocycles. The molecule has 2 aromatic carbocycles. The van der Waals surface area contributed by atoms with Gasteiger partial charge in [0, 0.05) is 18.3 Å². The number of rotatable bonds is 3. The van der Waals surface area contributed by atoms with Gasteiger partial charge in [-0.1, -0.05) is 11.6 Å². The zero-order chi connectivity index (χ0) is 16.3. The molecule has 0 spiro atoms. The van der Waals surface area contributed by atoms with Crippen LogP contribution in [0.25, 0.3) is 0 Å². The first-order chi connectivity index (χ1) is 10.4. The highest BCUT2D eigenvalue weighted by Crippen LogP contribution is 2.22. The fraction of sp³-hybridized carbons (Fsp3) is 0.125. The molecule has 114 valence electrons. The third-order valence-electron chi connectivity index (χ3n) is 2.97. The van der Waals surface area contributed by atoms with Crippen LogP contribution >= 0.6 is 11.6 Å². The lowest BCUT2D eigenvalue weighted by atomic mass is 10.1. The van der Waals surface area contributed by atoms with Crippen molar-refractivity contribution in [2.45, 2.75) is 13.8 Å². The highest BCUT2D eigenvalue weighted by molar-refractivity contribution is 6.34. The number of carbonyl (C=O) groups is 2. The van der Waals surface area contributed by atoms with Crippen molar-refractivity contribution in [1.82, 2.24) is 0 Å². The molecule has 0 unspecified atom stereocenters. The Morgan fingerprint density at radius 2 is 1.82 bits per heavy atom. The molecule has 0 atom stereocenters. The van der Waals surface area contributed by atoms with Gasteiger partial charge >= 0.3 is 0 Å². The molecular weight excluding hydrogens is 307 g/mol. The molecule has 0 radical (unpaired) electrons. The fourth-order valence-corrected chi connectivity index (χ4v) is 2.20. The first-order valence-electron chi connectivity index (χ1n) is 6.51. The maximum absolute atomic E-state index is 13.0. The number of hydrogen-bond donors (Lipinski definition) is 2. The van der Waals surface area contributed by atoms with Crippen molar-refractivity contribution in [3.8, 4) is 0 Å². The Morgan fingerprint density at radius 1 is 1.09 bits per heavy atom. The molecule has 22 heavy (non-hydrogen) atoms. The number of carbonyl (C=O) groups excluding carboxylic acids is 2. The van der Waals surface area contributed by atoms with Gasteiger partial charge in [-0.05, 0) is 48.9 Å². The number of halogens is 2. The third kappa shape index (κ3) is 3.83. The number of anilines is 2. The van der Waals surface area contributed by atoms with E-state index in [0.29, 0.717) is 11.4 Å². The highest BCUT2D eigenvalue weighted by atomic mass is 35.5. The van der Waals surface area contributed by atoms with Crippen LogP contribution in [0.2, 0.25) is 5.02 Å². The maximum Gasteiger partial charge on any atom is 0.257 e. The van der Waals surface area contributed by atoms with Gasteiger partial charge in [0.25, 0.3) is 5.91 Å². The molecule has 0 fully saturated rings. The Labute approximate surface area is 132 Å². The predicted molar refractivity (Wildman–Crippen MR) is 84.8 cm³/mol. The van der Waals surface area contributed by atoms with E-state index in [2.05, 4.69) is 10.6 Å². The zero-order valence-corrected chi connectivity index (χ0v) is 12.8. The zero-order valence-electron chi connectivity index (χ0n) is 12.0. The second-order valence-electron chi connectivity index (χ2n) is 4.79. The molecule has 0 aliphatic rings. The van der Waals surface area contributed by atoms with Gasteiger partial charge in [-0.15, -0.1) is 0 Å². The summed E-state index contributed by atoms with van der Waals surface area (Å²) in [6, 6.07) is 8.66. The Kier molecular flexibility index (Phi) is 4.78. The fourth-order valence-electron chi connectivity index (χ4n) is 1.94. The smallest absolute Gasteiger partial charge is 0.257 e. The van der Waals surface area contributed by atoms with Gasteiger partial charge in [0.05, 0.1) is 10.6 Å². The van der Waals surface area contributed by atoms with Crippen LogP contribution in [-0.2, 0) is 4.79 Å². The van der Waals surface area contributed by atoms with E-state index in [0.717, 1.165) is 11.6 Å². The van der Waals surface area contributed by atoms with Gasteiger partial charge in [-0.25, -0.2) is 4.39 Å². The van der Waals surface area contributed by atoms with E-state index in [1.165, 1.54) is 19.1 Å². The number of aryl methyl sites for hydroxylation is 1. The number of hydrogen-bond acceptors (Lipinski definition) is 2. The minimum Gasteiger partial charge on any atom is -0.326 e. The van der Waals surface area contributed by atoms with Crippen molar-refractivity contribution in [2.75, 3.05) is 10.6 Å². The van der Waals surface area contributed by atoms with E-state index in [4.69, 9.17) is 11.6 Å². The van der Waals surface area contributed by atoms with E-state index in [9.17, 15) is 14.0 Å². The van der Waals surface area contributed by atoms with Crippen LogP contribution in [0.15, 0.2) is 36.4 Å². The minimum absolute atomic E-state index is 0.0455. The lowest BCUT2D eigenvalue weighted by Gasteiger charge is -2.11. The van der Waals surface area contributed by atoms with Gasteiger partial charge in [-0.2, -0.15) is 0 Å². The van der Waals surface area contributed by atoms with Crippen LogP contribution in [-0.4, -0.2) is 11.8 Å². The Balaban J connectivity index is 2.18. The van der Waals surface area contributed by atoms with Crippen molar-refractivity contribution >= 4 is 34.8 Å². The van der Waals surface area contributed by atoms with Crippen LogP contribution in [0.3, 0.4) is 0 Å². The summed E-state index contributed by atoms with van der Waals surface area (Å²) in [5.41, 5.74) is 2.21. The molecule has 0 saturated heterocycles. The van der Waals surface area contributed by atoms with Crippen molar-refractivity contribution < 1.29 is 14.0 Å². The Hall–Kier alpha value is -2.40. The average molecular weight is 321 g/mol. The van der Waals surface area contributed by atoms with Gasteiger partial charge in [0.15, 0.2) is 0 Å². The monoisotopic (exact) mass is 320 g/mol. The molecule has 6 heteroatoms. The van der Waals surface area contributed by atoms with Crippen LogP contribution in [0, 0.1) is 12.7 Å². The lowest BCUT2D eigenvalue weighted by Crippen LogP contribution is -2.13. The molecule has 0 aromatic heterocycles. The van der Waals surface area contributed by atoms with Crippen LogP contribution < -0.4 is 10.6 Å². The van der Waals surface area contributed by atoms with Crippen LogP contribution in [0.4, 0.5) is 15.8 Å². The highest BCUT2D eigenvalue weighted by Gasteiger charge is 2.12. The molecule has 2 aromatic rings. The SMILES string of the molecule is CC(=O)Nc1ccc(NC(=O)c2ccc(F)cc2Cl)cc1C. The van der Waals surface area contributed by atoms with E-state index < -0.39 is 11.7 Å². The number of amides is 2. The van der Waals surface area contributed by atoms with Crippen LogP contribution in [0.1, 0.15) is 22.8 Å². The minimum atomic E-state index is -0.503. The third-order valence-corrected chi connectivity index (χ3v) is 3.28. The summed E-state index contributed by atoms with van der Waals surface area (Å²) in [4.78, 5) is 23.2. The standard InChI is InChI=1S/C16H14ClFN2O2/c1-9-7-12(4-6-15(9)19-10(2)21)20-16(22)13-5-3-11(18)8-14(13)17/h3-8H,1-2H3,(H,19,21)(H,20,22). The summed E-state index contributed by atoms with van der Waals surface area (Å²) in [6.45, 7) is 3.23. The molecule has 4 nitrogen and oxygen atoms in total. The van der Waals surface area contributed by atoms with Gasteiger partial charge in [-0.3, -0.25) is 9.59 Å². The van der Waals surface area contributed by atoms with Crippen molar-refractivity contribution in [1.29, 1.82) is 0 Å². The van der Waals surface area contributed by atoms with E-state index in [1.54, 1.807) is 18.2 Å². The van der Waals surface area contributed by atoms with Crippen molar-refractivity contribution in [3.63, 3.8) is 0 Å². The summed E-state index contributed by atoms with van der Waals surface area (Å²) < 4.78 is 13.0. The summed E-state index contributed by atoms with van der Waals surface area (Å²) in [5.74, 6) is -1.10. The van der Waals surface area contributed by atoms with Crippen LogP contribution in [0.5, 0.6) is 0 Å². The van der Waals surface area contributed by atoms with Gasteiger partial charge in [0.2, 0.25) is 5.91 Å². The van der Waals surface area contributed by atoms with Crippen molar-refractivity contribution in [2.24, 2.45) is 0 Å². The topological polar surface area (TPSA) is 58.2 Å². The summed E-state index contributed by atoms with van der Waals surface area (Å²) in [5, 5.41) is 5.41. The maximum atomic E-state index is 13.0. The number of nitrogens with one attached hydrogen (secondary N) is 2.